The molecule has 0 bridgehead atoms. The van der Waals surface area contributed by atoms with Gasteiger partial charge in [-0.3, -0.25) is 4.79 Å². The van der Waals surface area contributed by atoms with Gasteiger partial charge in [0.2, 0.25) is 0 Å². The molecule has 3 heteroatoms. The SMILES string of the molecule is COC(=O)Cc1ccc(C#CCCCCCCO)cc1. The molecule has 0 aliphatic carbocycles. The average Bonchev–Trinajstić information content (AvgIpc) is 2.48. The molecule has 0 atom stereocenters. The molecule has 0 saturated carbocycles. The van der Waals surface area contributed by atoms with E-state index in [1.807, 2.05) is 24.3 Å². The van der Waals surface area contributed by atoms with Gasteiger partial charge in [0.15, 0.2) is 0 Å². The normalized spacial score (nSPS) is 9.70. The summed E-state index contributed by atoms with van der Waals surface area (Å²) < 4.78 is 4.62. The molecule has 1 aromatic rings. The Hall–Kier alpha value is -1.79. The molecule has 0 spiro atoms. The van der Waals surface area contributed by atoms with Crippen molar-refractivity contribution >= 4 is 5.97 Å². The van der Waals surface area contributed by atoms with Crippen LogP contribution in [0.5, 0.6) is 0 Å². The number of ether oxygens (including phenoxy) is 1. The number of aliphatic hydroxyl groups is 1. The first-order chi connectivity index (χ1) is 9.76. The quantitative estimate of drug-likeness (QED) is 0.472. The molecule has 108 valence electrons. The van der Waals surface area contributed by atoms with Crippen molar-refractivity contribution in [1.29, 1.82) is 0 Å². The first-order valence-electron chi connectivity index (χ1n) is 7.01. The Balaban J connectivity index is 2.32. The maximum Gasteiger partial charge on any atom is 0.309 e. The number of benzene rings is 1. The molecule has 1 aromatic carbocycles. The molecule has 0 saturated heterocycles. The number of methoxy groups -OCH3 is 1. The van der Waals surface area contributed by atoms with Crippen LogP contribution < -0.4 is 0 Å². The number of hydrogen-bond acceptors (Lipinski definition) is 3. The zero-order valence-electron chi connectivity index (χ0n) is 12.0. The van der Waals surface area contributed by atoms with Gasteiger partial charge in [-0.1, -0.05) is 36.8 Å². The van der Waals surface area contributed by atoms with Crippen LogP contribution in [0.1, 0.15) is 43.2 Å². The van der Waals surface area contributed by atoms with E-state index in [1.54, 1.807) is 0 Å². The molecule has 0 unspecified atom stereocenters. The van der Waals surface area contributed by atoms with Gasteiger partial charge in [0.1, 0.15) is 0 Å². The van der Waals surface area contributed by atoms with Crippen LogP contribution in [0.4, 0.5) is 0 Å². The fourth-order valence-electron chi connectivity index (χ4n) is 1.79. The van der Waals surface area contributed by atoms with Crippen LogP contribution >= 0.6 is 0 Å². The van der Waals surface area contributed by atoms with E-state index in [9.17, 15) is 4.79 Å². The van der Waals surface area contributed by atoms with Crippen molar-refractivity contribution in [2.75, 3.05) is 13.7 Å². The van der Waals surface area contributed by atoms with E-state index >= 15 is 0 Å². The molecule has 0 fully saturated rings. The molecular formula is C17H22O3. The lowest BCUT2D eigenvalue weighted by atomic mass is 10.1. The molecule has 20 heavy (non-hydrogen) atoms. The van der Waals surface area contributed by atoms with E-state index in [1.165, 1.54) is 7.11 Å². The Morgan fingerprint density at radius 3 is 2.50 bits per heavy atom. The first kappa shape index (κ1) is 16.3. The summed E-state index contributed by atoms with van der Waals surface area (Å²) in [6.07, 6.45) is 5.33. The van der Waals surface area contributed by atoms with Crippen molar-refractivity contribution in [2.45, 2.75) is 38.5 Å². The fraction of sp³-hybridized carbons (Fsp3) is 0.471. The first-order valence-corrected chi connectivity index (χ1v) is 7.01. The van der Waals surface area contributed by atoms with Crippen LogP contribution in [0.25, 0.3) is 0 Å². The number of esters is 1. The Morgan fingerprint density at radius 1 is 1.15 bits per heavy atom. The Labute approximate surface area is 121 Å². The summed E-state index contributed by atoms with van der Waals surface area (Å²) in [5.41, 5.74) is 1.90. The summed E-state index contributed by atoms with van der Waals surface area (Å²) in [4.78, 5) is 11.1. The zero-order chi connectivity index (χ0) is 14.6. The van der Waals surface area contributed by atoms with Gasteiger partial charge in [-0.25, -0.2) is 0 Å². The lowest BCUT2D eigenvalue weighted by Gasteiger charge is -1.99. The van der Waals surface area contributed by atoms with Gasteiger partial charge in [-0.2, -0.15) is 0 Å². The predicted molar refractivity (Wildman–Crippen MR) is 79.2 cm³/mol. The highest BCUT2D eigenvalue weighted by molar-refractivity contribution is 5.72. The largest absolute Gasteiger partial charge is 0.469 e. The van der Waals surface area contributed by atoms with Crippen molar-refractivity contribution in [2.24, 2.45) is 0 Å². The van der Waals surface area contributed by atoms with E-state index < -0.39 is 0 Å². The second-order valence-electron chi connectivity index (χ2n) is 4.64. The van der Waals surface area contributed by atoms with Crippen molar-refractivity contribution in [1.82, 2.24) is 0 Å². The number of carbonyl (C=O) groups is 1. The highest BCUT2D eigenvalue weighted by Gasteiger charge is 2.01. The van der Waals surface area contributed by atoms with E-state index in [2.05, 4.69) is 16.6 Å². The van der Waals surface area contributed by atoms with E-state index in [4.69, 9.17) is 5.11 Å². The summed E-state index contributed by atoms with van der Waals surface area (Å²) in [6.45, 7) is 0.281. The van der Waals surface area contributed by atoms with Crippen LogP contribution in [0, 0.1) is 11.8 Å². The second kappa shape index (κ2) is 10.1. The van der Waals surface area contributed by atoms with Crippen molar-refractivity contribution < 1.29 is 14.6 Å². The smallest absolute Gasteiger partial charge is 0.309 e. The van der Waals surface area contributed by atoms with Crippen LogP contribution in [0.15, 0.2) is 24.3 Å². The topological polar surface area (TPSA) is 46.5 Å². The molecule has 0 heterocycles. The predicted octanol–water partition coefficient (Wildman–Crippen LogP) is 2.70. The molecule has 0 aliphatic rings. The zero-order valence-corrected chi connectivity index (χ0v) is 12.0. The number of aliphatic hydroxyl groups excluding tert-OH is 1. The molecule has 1 N–H and O–H groups in total. The van der Waals surface area contributed by atoms with Gasteiger partial charge in [0, 0.05) is 18.6 Å². The number of hydrogen-bond donors (Lipinski definition) is 1. The molecule has 0 aliphatic heterocycles. The maximum atomic E-state index is 11.1. The van der Waals surface area contributed by atoms with Crippen molar-refractivity contribution in [3.05, 3.63) is 35.4 Å². The Bertz CT molecular complexity index is 451. The van der Waals surface area contributed by atoms with E-state index in [0.717, 1.165) is 43.2 Å². The van der Waals surface area contributed by atoms with E-state index in [0.29, 0.717) is 6.42 Å². The number of rotatable bonds is 7. The minimum absolute atomic E-state index is 0.230. The summed E-state index contributed by atoms with van der Waals surface area (Å²) in [5.74, 6) is 6.03. The minimum Gasteiger partial charge on any atom is -0.469 e. The second-order valence-corrected chi connectivity index (χ2v) is 4.64. The maximum absolute atomic E-state index is 11.1. The summed E-state index contributed by atoms with van der Waals surface area (Å²) in [5, 5.41) is 8.65. The van der Waals surface area contributed by atoms with Gasteiger partial charge in [-0.15, -0.1) is 0 Å². The van der Waals surface area contributed by atoms with Gasteiger partial charge in [0.05, 0.1) is 13.5 Å². The summed E-state index contributed by atoms with van der Waals surface area (Å²) >= 11 is 0. The third kappa shape index (κ3) is 6.96. The van der Waals surface area contributed by atoms with Crippen LogP contribution in [0.3, 0.4) is 0 Å². The third-order valence-corrected chi connectivity index (χ3v) is 2.97. The van der Waals surface area contributed by atoms with Crippen LogP contribution in [0.2, 0.25) is 0 Å². The van der Waals surface area contributed by atoms with Gasteiger partial charge < -0.3 is 9.84 Å². The summed E-state index contributed by atoms with van der Waals surface area (Å²) in [7, 11) is 1.39. The molecule has 1 rings (SSSR count). The number of carbonyl (C=O) groups excluding carboxylic acids is 1. The van der Waals surface area contributed by atoms with Crippen LogP contribution in [-0.2, 0) is 16.0 Å². The summed E-state index contributed by atoms with van der Waals surface area (Å²) in [6, 6.07) is 7.67. The lowest BCUT2D eigenvalue weighted by Crippen LogP contribution is -2.04. The third-order valence-electron chi connectivity index (χ3n) is 2.97. The Kier molecular flexibility index (Phi) is 8.17. The Morgan fingerprint density at radius 2 is 1.85 bits per heavy atom. The highest BCUT2D eigenvalue weighted by Crippen LogP contribution is 2.06. The number of unbranched alkanes of at least 4 members (excludes halogenated alkanes) is 4. The van der Waals surface area contributed by atoms with Crippen molar-refractivity contribution in [3.8, 4) is 11.8 Å². The van der Waals surface area contributed by atoms with Gasteiger partial charge in [0.25, 0.3) is 0 Å². The molecule has 0 radical (unpaired) electrons. The lowest BCUT2D eigenvalue weighted by molar-refractivity contribution is -0.139. The molecule has 0 aromatic heterocycles. The average molecular weight is 274 g/mol. The van der Waals surface area contributed by atoms with Gasteiger partial charge >= 0.3 is 5.97 Å². The highest BCUT2D eigenvalue weighted by atomic mass is 16.5. The molecule has 3 nitrogen and oxygen atoms in total. The molecule has 0 amide bonds. The van der Waals surface area contributed by atoms with E-state index in [-0.39, 0.29) is 12.6 Å². The minimum atomic E-state index is -0.230. The monoisotopic (exact) mass is 274 g/mol. The standard InChI is InChI=1S/C17H22O3/c1-20-17(19)14-16-11-9-15(10-12-16)8-6-4-2-3-5-7-13-18/h9-12,18H,2-5,7,13-14H2,1H3. The van der Waals surface area contributed by atoms with Crippen LogP contribution in [-0.4, -0.2) is 24.8 Å². The fourth-order valence-corrected chi connectivity index (χ4v) is 1.79. The van der Waals surface area contributed by atoms with Gasteiger partial charge in [-0.05, 0) is 30.5 Å². The van der Waals surface area contributed by atoms with Crippen molar-refractivity contribution in [3.63, 3.8) is 0 Å². The molecular weight excluding hydrogens is 252 g/mol.